The SMILES string of the molecule is CCSc1ccc(C(N)c2ccc(F)cc2)cc1. The van der Waals surface area contributed by atoms with Crippen molar-refractivity contribution in [3.8, 4) is 0 Å². The molecule has 0 bridgehead atoms. The summed E-state index contributed by atoms with van der Waals surface area (Å²) in [5.41, 5.74) is 8.13. The highest BCUT2D eigenvalue weighted by molar-refractivity contribution is 7.99. The second-order valence-corrected chi connectivity index (χ2v) is 5.37. The summed E-state index contributed by atoms with van der Waals surface area (Å²) in [6.07, 6.45) is 0. The van der Waals surface area contributed by atoms with Gasteiger partial charge in [-0.15, -0.1) is 11.8 Å². The van der Waals surface area contributed by atoms with Gasteiger partial charge in [-0.3, -0.25) is 0 Å². The zero-order valence-corrected chi connectivity index (χ0v) is 11.1. The van der Waals surface area contributed by atoms with Gasteiger partial charge in [0.2, 0.25) is 0 Å². The summed E-state index contributed by atoms with van der Waals surface area (Å²) in [6, 6.07) is 14.4. The molecule has 0 radical (unpaired) electrons. The van der Waals surface area contributed by atoms with E-state index in [0.717, 1.165) is 16.9 Å². The van der Waals surface area contributed by atoms with Crippen molar-refractivity contribution in [2.24, 2.45) is 5.73 Å². The Kier molecular flexibility index (Phi) is 4.39. The summed E-state index contributed by atoms with van der Waals surface area (Å²) in [5, 5.41) is 0. The highest BCUT2D eigenvalue weighted by Crippen LogP contribution is 2.23. The fraction of sp³-hybridized carbons (Fsp3) is 0.200. The second-order valence-electron chi connectivity index (χ2n) is 4.03. The molecule has 0 spiro atoms. The van der Waals surface area contributed by atoms with Crippen LogP contribution in [-0.2, 0) is 0 Å². The van der Waals surface area contributed by atoms with Crippen LogP contribution in [0.25, 0.3) is 0 Å². The van der Waals surface area contributed by atoms with Gasteiger partial charge in [-0.05, 0) is 41.1 Å². The van der Waals surface area contributed by atoms with Crippen LogP contribution in [-0.4, -0.2) is 5.75 Å². The maximum Gasteiger partial charge on any atom is 0.123 e. The van der Waals surface area contributed by atoms with Crippen molar-refractivity contribution in [1.29, 1.82) is 0 Å². The molecule has 2 rings (SSSR count). The zero-order valence-electron chi connectivity index (χ0n) is 10.3. The topological polar surface area (TPSA) is 26.0 Å². The summed E-state index contributed by atoms with van der Waals surface area (Å²) in [5.74, 6) is 0.823. The first kappa shape index (κ1) is 13.1. The first-order valence-corrected chi connectivity index (χ1v) is 6.93. The average Bonchev–Trinajstić information content (AvgIpc) is 2.40. The monoisotopic (exact) mass is 261 g/mol. The standard InChI is InChI=1S/C15H16FNS/c1-2-18-14-9-5-12(6-10-14)15(17)11-3-7-13(16)8-4-11/h3-10,15H,2,17H2,1H3. The first-order valence-electron chi connectivity index (χ1n) is 5.94. The molecule has 0 amide bonds. The lowest BCUT2D eigenvalue weighted by molar-refractivity contribution is 0.626. The minimum absolute atomic E-state index is 0.203. The van der Waals surface area contributed by atoms with Gasteiger partial charge in [-0.2, -0.15) is 0 Å². The number of hydrogen-bond donors (Lipinski definition) is 1. The lowest BCUT2D eigenvalue weighted by Crippen LogP contribution is -2.11. The average molecular weight is 261 g/mol. The van der Waals surface area contributed by atoms with E-state index in [1.807, 2.05) is 12.1 Å². The van der Waals surface area contributed by atoms with E-state index in [-0.39, 0.29) is 11.9 Å². The van der Waals surface area contributed by atoms with Gasteiger partial charge in [0.1, 0.15) is 5.82 Å². The molecule has 0 heterocycles. The van der Waals surface area contributed by atoms with Gasteiger partial charge in [0.05, 0.1) is 6.04 Å². The highest BCUT2D eigenvalue weighted by atomic mass is 32.2. The van der Waals surface area contributed by atoms with Crippen molar-refractivity contribution in [2.45, 2.75) is 17.9 Å². The Morgan fingerprint density at radius 3 is 2.00 bits per heavy atom. The summed E-state index contributed by atoms with van der Waals surface area (Å²) in [4.78, 5) is 1.24. The molecule has 0 aliphatic carbocycles. The van der Waals surface area contributed by atoms with E-state index >= 15 is 0 Å². The Morgan fingerprint density at radius 1 is 1.00 bits per heavy atom. The molecular formula is C15H16FNS. The van der Waals surface area contributed by atoms with Crippen LogP contribution in [0.5, 0.6) is 0 Å². The summed E-state index contributed by atoms with van der Waals surface area (Å²) >= 11 is 1.80. The fourth-order valence-corrected chi connectivity index (χ4v) is 2.46. The maximum absolute atomic E-state index is 12.8. The van der Waals surface area contributed by atoms with Gasteiger partial charge in [0.25, 0.3) is 0 Å². The lowest BCUT2D eigenvalue weighted by Gasteiger charge is -2.13. The van der Waals surface area contributed by atoms with E-state index in [1.165, 1.54) is 17.0 Å². The summed E-state index contributed by atoms with van der Waals surface area (Å²) < 4.78 is 12.8. The molecule has 3 heteroatoms. The molecular weight excluding hydrogens is 245 g/mol. The number of hydrogen-bond acceptors (Lipinski definition) is 2. The van der Waals surface area contributed by atoms with E-state index in [0.29, 0.717) is 0 Å². The van der Waals surface area contributed by atoms with Gasteiger partial charge < -0.3 is 5.73 Å². The fourth-order valence-electron chi connectivity index (χ4n) is 1.80. The minimum atomic E-state index is -0.236. The Hall–Kier alpha value is -1.32. The first-order chi connectivity index (χ1) is 8.70. The quantitative estimate of drug-likeness (QED) is 0.842. The number of halogens is 1. The van der Waals surface area contributed by atoms with Crippen LogP contribution in [0.2, 0.25) is 0 Å². The third kappa shape index (κ3) is 3.12. The molecule has 1 nitrogen and oxygen atoms in total. The van der Waals surface area contributed by atoms with Crippen molar-refractivity contribution in [1.82, 2.24) is 0 Å². The minimum Gasteiger partial charge on any atom is -0.320 e. The number of benzene rings is 2. The van der Waals surface area contributed by atoms with Gasteiger partial charge in [-0.1, -0.05) is 31.2 Å². The summed E-state index contributed by atoms with van der Waals surface area (Å²) in [7, 11) is 0. The molecule has 0 aliphatic heterocycles. The van der Waals surface area contributed by atoms with Crippen molar-refractivity contribution in [2.75, 3.05) is 5.75 Å². The molecule has 0 aliphatic rings. The molecule has 2 N–H and O–H groups in total. The van der Waals surface area contributed by atoms with Crippen molar-refractivity contribution < 1.29 is 4.39 Å². The molecule has 0 saturated heterocycles. The van der Waals surface area contributed by atoms with Gasteiger partial charge in [-0.25, -0.2) is 4.39 Å². The Morgan fingerprint density at radius 2 is 1.50 bits per heavy atom. The number of rotatable bonds is 4. The molecule has 1 unspecified atom stereocenters. The van der Waals surface area contributed by atoms with Gasteiger partial charge in [0, 0.05) is 4.90 Å². The van der Waals surface area contributed by atoms with Crippen LogP contribution < -0.4 is 5.73 Å². The van der Waals surface area contributed by atoms with E-state index < -0.39 is 0 Å². The normalized spacial score (nSPS) is 12.4. The van der Waals surface area contributed by atoms with Gasteiger partial charge in [0.15, 0.2) is 0 Å². The van der Waals surface area contributed by atoms with Crippen LogP contribution in [0, 0.1) is 5.82 Å². The highest BCUT2D eigenvalue weighted by Gasteiger charge is 2.08. The maximum atomic E-state index is 12.8. The molecule has 0 fully saturated rings. The number of nitrogens with two attached hydrogens (primary N) is 1. The Bertz CT molecular complexity index is 493. The summed E-state index contributed by atoms with van der Waals surface area (Å²) in [6.45, 7) is 2.13. The van der Waals surface area contributed by atoms with E-state index in [9.17, 15) is 4.39 Å². The molecule has 18 heavy (non-hydrogen) atoms. The third-order valence-electron chi connectivity index (χ3n) is 2.78. The van der Waals surface area contributed by atoms with E-state index in [4.69, 9.17) is 5.73 Å². The largest absolute Gasteiger partial charge is 0.320 e. The molecule has 94 valence electrons. The van der Waals surface area contributed by atoms with Crippen LogP contribution in [0.15, 0.2) is 53.4 Å². The van der Waals surface area contributed by atoms with E-state index in [2.05, 4.69) is 19.1 Å². The van der Waals surface area contributed by atoms with Crippen molar-refractivity contribution in [3.05, 3.63) is 65.5 Å². The lowest BCUT2D eigenvalue weighted by atomic mass is 10.00. The smallest absolute Gasteiger partial charge is 0.123 e. The second kappa shape index (κ2) is 6.03. The van der Waals surface area contributed by atoms with Crippen molar-refractivity contribution >= 4 is 11.8 Å². The Balaban J connectivity index is 2.17. The van der Waals surface area contributed by atoms with Crippen LogP contribution in [0.1, 0.15) is 24.1 Å². The molecule has 2 aromatic rings. The molecule has 2 aromatic carbocycles. The van der Waals surface area contributed by atoms with E-state index in [1.54, 1.807) is 23.9 Å². The number of thioether (sulfide) groups is 1. The van der Waals surface area contributed by atoms with Crippen LogP contribution in [0.3, 0.4) is 0 Å². The zero-order chi connectivity index (χ0) is 13.0. The molecule has 0 saturated carbocycles. The van der Waals surface area contributed by atoms with Crippen LogP contribution in [0.4, 0.5) is 4.39 Å². The third-order valence-corrected chi connectivity index (χ3v) is 3.67. The molecule has 0 aromatic heterocycles. The molecule has 1 atom stereocenters. The van der Waals surface area contributed by atoms with Gasteiger partial charge >= 0.3 is 0 Å². The Labute approximate surface area is 111 Å². The predicted molar refractivity (Wildman–Crippen MR) is 75.3 cm³/mol. The van der Waals surface area contributed by atoms with Crippen molar-refractivity contribution in [3.63, 3.8) is 0 Å². The predicted octanol–water partition coefficient (Wildman–Crippen LogP) is 3.99. The van der Waals surface area contributed by atoms with Crippen LogP contribution >= 0.6 is 11.8 Å².